The van der Waals surface area contributed by atoms with E-state index in [0.29, 0.717) is 25.9 Å². The molecule has 5 rings (SSSR count). The van der Waals surface area contributed by atoms with E-state index >= 15 is 0 Å². The van der Waals surface area contributed by atoms with Crippen molar-refractivity contribution >= 4 is 0 Å². The third-order valence-corrected chi connectivity index (χ3v) is 6.79. The summed E-state index contributed by atoms with van der Waals surface area (Å²) in [7, 11) is 0. The Kier molecular flexibility index (Phi) is 5.19. The third-order valence-electron chi connectivity index (χ3n) is 6.79. The number of benzene rings is 2. The SMILES string of the molecule is OC(CC1c2ccccc2-c2cncn21)C1(O)CCC(OCc2ccccc2)CC1. The van der Waals surface area contributed by atoms with E-state index in [9.17, 15) is 10.2 Å². The molecule has 5 nitrogen and oxygen atoms in total. The largest absolute Gasteiger partial charge is 0.390 e. The molecule has 2 atom stereocenters. The first kappa shape index (κ1) is 19.5. The average Bonchev–Trinajstić information content (AvgIpc) is 3.37. The summed E-state index contributed by atoms with van der Waals surface area (Å²) in [5, 5.41) is 22.3. The molecule has 1 aromatic heterocycles. The topological polar surface area (TPSA) is 67.5 Å². The van der Waals surface area contributed by atoms with Crippen LogP contribution < -0.4 is 0 Å². The van der Waals surface area contributed by atoms with Crippen LogP contribution in [0.25, 0.3) is 11.3 Å². The number of ether oxygens (including phenoxy) is 1. The van der Waals surface area contributed by atoms with Crippen LogP contribution in [0, 0.1) is 0 Å². The summed E-state index contributed by atoms with van der Waals surface area (Å²) in [6.45, 7) is 0.592. The molecule has 2 heterocycles. The van der Waals surface area contributed by atoms with Crippen molar-refractivity contribution in [2.24, 2.45) is 0 Å². The first-order valence-corrected chi connectivity index (χ1v) is 10.8. The number of aliphatic hydroxyl groups excluding tert-OH is 1. The first-order chi connectivity index (χ1) is 14.6. The highest BCUT2D eigenvalue weighted by Crippen LogP contribution is 2.43. The smallest absolute Gasteiger partial charge is 0.0956 e. The Hall–Kier alpha value is -2.47. The van der Waals surface area contributed by atoms with E-state index in [1.165, 1.54) is 5.56 Å². The van der Waals surface area contributed by atoms with Crippen LogP contribution >= 0.6 is 0 Å². The van der Waals surface area contributed by atoms with Crippen LogP contribution in [-0.2, 0) is 11.3 Å². The van der Waals surface area contributed by atoms with Crippen LogP contribution in [0.3, 0.4) is 0 Å². The van der Waals surface area contributed by atoms with E-state index in [1.807, 2.05) is 42.9 Å². The van der Waals surface area contributed by atoms with Crippen LogP contribution in [0.2, 0.25) is 0 Å². The molecule has 1 aliphatic heterocycles. The van der Waals surface area contributed by atoms with E-state index in [-0.39, 0.29) is 12.1 Å². The number of aromatic nitrogens is 2. The molecule has 0 radical (unpaired) electrons. The summed E-state index contributed by atoms with van der Waals surface area (Å²) in [5.74, 6) is 0. The molecular formula is C25H28N2O3. The summed E-state index contributed by atoms with van der Waals surface area (Å²) in [4.78, 5) is 4.29. The fraction of sp³-hybridized carbons (Fsp3) is 0.400. The lowest BCUT2D eigenvalue weighted by Gasteiger charge is -2.40. The van der Waals surface area contributed by atoms with Crippen molar-refractivity contribution < 1.29 is 14.9 Å². The van der Waals surface area contributed by atoms with Gasteiger partial charge in [0.2, 0.25) is 0 Å². The fourth-order valence-electron chi connectivity index (χ4n) is 4.98. The Balaban J connectivity index is 1.22. The van der Waals surface area contributed by atoms with E-state index in [2.05, 4.69) is 33.8 Å². The molecular weight excluding hydrogens is 376 g/mol. The number of imidazole rings is 1. The van der Waals surface area contributed by atoms with Crippen LogP contribution in [0.1, 0.15) is 49.3 Å². The first-order valence-electron chi connectivity index (χ1n) is 10.8. The second-order valence-electron chi connectivity index (χ2n) is 8.64. The maximum Gasteiger partial charge on any atom is 0.0956 e. The minimum Gasteiger partial charge on any atom is -0.390 e. The standard InChI is InChI=1S/C25H28N2O3/c28-24(14-22-20-8-4-5-9-21(20)23-15-26-17-27(22)23)25(29)12-10-19(11-13-25)30-16-18-6-2-1-3-7-18/h1-9,15,17,19,22,24,28-29H,10-14,16H2. The highest BCUT2D eigenvalue weighted by atomic mass is 16.5. The van der Waals surface area contributed by atoms with Crippen molar-refractivity contribution in [3.05, 3.63) is 78.2 Å². The molecule has 2 aromatic carbocycles. The van der Waals surface area contributed by atoms with Crippen LogP contribution in [0.5, 0.6) is 0 Å². The predicted octanol–water partition coefficient (Wildman–Crippen LogP) is 4.09. The summed E-state index contributed by atoms with van der Waals surface area (Å²) in [6, 6.07) is 18.4. The van der Waals surface area contributed by atoms with Crippen LogP contribution in [-0.4, -0.2) is 37.6 Å². The minimum absolute atomic E-state index is 0.00443. The van der Waals surface area contributed by atoms with Gasteiger partial charge in [-0.1, -0.05) is 54.6 Å². The highest BCUT2D eigenvalue weighted by molar-refractivity contribution is 5.68. The Bertz CT molecular complexity index is 992. The normalized spacial score (nSPS) is 26.2. The molecule has 5 heteroatoms. The lowest BCUT2D eigenvalue weighted by molar-refractivity contribution is -0.126. The molecule has 2 aliphatic rings. The minimum atomic E-state index is -1.06. The molecule has 30 heavy (non-hydrogen) atoms. The number of hydrogen-bond donors (Lipinski definition) is 2. The predicted molar refractivity (Wildman–Crippen MR) is 115 cm³/mol. The van der Waals surface area contributed by atoms with Crippen LogP contribution in [0.15, 0.2) is 67.1 Å². The lowest BCUT2D eigenvalue weighted by Crippen LogP contribution is -2.47. The molecule has 1 aliphatic carbocycles. The molecule has 1 fully saturated rings. The summed E-state index contributed by atoms with van der Waals surface area (Å²) < 4.78 is 8.17. The van der Waals surface area contributed by atoms with Gasteiger partial charge in [0, 0.05) is 12.0 Å². The highest BCUT2D eigenvalue weighted by Gasteiger charge is 2.42. The second-order valence-corrected chi connectivity index (χ2v) is 8.64. The summed E-state index contributed by atoms with van der Waals surface area (Å²) >= 11 is 0. The summed E-state index contributed by atoms with van der Waals surface area (Å²) in [6.07, 6.45) is 6.14. The van der Waals surface area contributed by atoms with Crippen molar-refractivity contribution in [3.63, 3.8) is 0 Å². The zero-order valence-corrected chi connectivity index (χ0v) is 17.0. The molecule has 0 saturated heterocycles. The van der Waals surface area contributed by atoms with E-state index in [4.69, 9.17) is 4.74 Å². The number of nitrogens with zero attached hydrogens (tertiary/aromatic N) is 2. The zero-order chi connectivity index (χ0) is 20.6. The number of hydrogen-bond acceptors (Lipinski definition) is 4. The fourth-order valence-corrected chi connectivity index (χ4v) is 4.98. The Morgan fingerprint density at radius 1 is 1.07 bits per heavy atom. The molecule has 0 amide bonds. The quantitative estimate of drug-likeness (QED) is 0.649. The van der Waals surface area contributed by atoms with E-state index in [0.717, 1.165) is 29.7 Å². The van der Waals surface area contributed by atoms with Gasteiger partial charge in [-0.3, -0.25) is 0 Å². The third kappa shape index (κ3) is 3.58. The number of fused-ring (bicyclic) bond motifs is 3. The maximum absolute atomic E-state index is 11.2. The summed E-state index contributed by atoms with van der Waals surface area (Å²) in [5.41, 5.74) is 3.53. The maximum atomic E-state index is 11.2. The second kappa shape index (κ2) is 7.99. The van der Waals surface area contributed by atoms with Crippen molar-refractivity contribution in [1.82, 2.24) is 9.55 Å². The van der Waals surface area contributed by atoms with Gasteiger partial charge >= 0.3 is 0 Å². The van der Waals surface area contributed by atoms with Gasteiger partial charge in [-0.15, -0.1) is 0 Å². The van der Waals surface area contributed by atoms with Gasteiger partial charge in [0.15, 0.2) is 0 Å². The average molecular weight is 405 g/mol. The Morgan fingerprint density at radius 2 is 1.80 bits per heavy atom. The zero-order valence-electron chi connectivity index (χ0n) is 17.0. The van der Waals surface area contributed by atoms with Gasteiger partial charge in [0.25, 0.3) is 0 Å². The molecule has 156 valence electrons. The molecule has 0 spiro atoms. The van der Waals surface area contributed by atoms with Crippen molar-refractivity contribution in [3.8, 4) is 11.3 Å². The van der Waals surface area contributed by atoms with Crippen molar-refractivity contribution in [1.29, 1.82) is 0 Å². The van der Waals surface area contributed by atoms with Crippen LogP contribution in [0.4, 0.5) is 0 Å². The number of aliphatic hydroxyl groups is 2. The Morgan fingerprint density at radius 3 is 2.60 bits per heavy atom. The van der Waals surface area contributed by atoms with Crippen molar-refractivity contribution in [2.45, 2.75) is 62.6 Å². The van der Waals surface area contributed by atoms with Gasteiger partial charge < -0.3 is 19.5 Å². The van der Waals surface area contributed by atoms with E-state index < -0.39 is 11.7 Å². The lowest BCUT2D eigenvalue weighted by atomic mass is 9.77. The van der Waals surface area contributed by atoms with Gasteiger partial charge in [0.05, 0.1) is 48.7 Å². The molecule has 2 N–H and O–H groups in total. The molecule has 3 aromatic rings. The van der Waals surface area contributed by atoms with Gasteiger partial charge in [-0.25, -0.2) is 4.98 Å². The van der Waals surface area contributed by atoms with Gasteiger partial charge in [-0.2, -0.15) is 0 Å². The Labute approximate surface area is 177 Å². The van der Waals surface area contributed by atoms with Gasteiger partial charge in [0.1, 0.15) is 0 Å². The molecule has 2 unspecified atom stereocenters. The number of rotatable bonds is 6. The molecule has 0 bridgehead atoms. The monoisotopic (exact) mass is 404 g/mol. The molecule has 1 saturated carbocycles. The van der Waals surface area contributed by atoms with Crippen molar-refractivity contribution in [2.75, 3.05) is 0 Å². The van der Waals surface area contributed by atoms with E-state index in [1.54, 1.807) is 0 Å². The van der Waals surface area contributed by atoms with Gasteiger partial charge in [-0.05, 0) is 36.8 Å².